The van der Waals surface area contributed by atoms with Crippen LogP contribution in [-0.4, -0.2) is 24.9 Å². The minimum Gasteiger partial charge on any atom is -0.357 e. The van der Waals surface area contributed by atoms with Crippen molar-refractivity contribution in [1.82, 2.24) is 10.6 Å². The van der Waals surface area contributed by atoms with Gasteiger partial charge in [-0.2, -0.15) is 0 Å². The maximum absolute atomic E-state index is 12.6. The van der Waals surface area contributed by atoms with Crippen molar-refractivity contribution in [2.45, 2.75) is 59.4 Å². The van der Waals surface area contributed by atoms with Crippen molar-refractivity contribution in [3.8, 4) is 0 Å². The average molecular weight is 294 g/mol. The van der Waals surface area contributed by atoms with Gasteiger partial charge in [-0.3, -0.25) is 9.59 Å². The smallest absolute Gasteiger partial charge is 0.242 e. The van der Waals surface area contributed by atoms with Gasteiger partial charge in [0.1, 0.15) is 6.04 Å². The molecule has 2 aliphatic rings. The number of nitrogens with one attached hydrogen (secondary N) is 2. The molecule has 2 aliphatic carbocycles. The van der Waals surface area contributed by atoms with Crippen LogP contribution in [0.1, 0.15) is 53.4 Å². The van der Waals surface area contributed by atoms with Crippen LogP contribution in [0, 0.1) is 29.1 Å². The molecule has 0 aromatic heterocycles. The molecule has 2 saturated carbocycles. The van der Waals surface area contributed by atoms with Gasteiger partial charge in [0, 0.05) is 13.0 Å². The van der Waals surface area contributed by atoms with Crippen molar-refractivity contribution < 1.29 is 9.59 Å². The quantitative estimate of drug-likeness (QED) is 0.836. The summed E-state index contributed by atoms with van der Waals surface area (Å²) < 4.78 is 0. The van der Waals surface area contributed by atoms with E-state index in [1.165, 1.54) is 25.7 Å². The number of rotatable bonds is 4. The fourth-order valence-corrected chi connectivity index (χ4v) is 4.03. The molecular weight excluding hydrogens is 264 g/mol. The van der Waals surface area contributed by atoms with Crippen molar-refractivity contribution in [3.05, 3.63) is 0 Å². The first kappa shape index (κ1) is 16.3. The lowest BCUT2D eigenvalue weighted by molar-refractivity contribution is -0.132. The Hall–Kier alpha value is -1.06. The van der Waals surface area contributed by atoms with Gasteiger partial charge in [0.15, 0.2) is 0 Å². The lowest BCUT2D eigenvalue weighted by Gasteiger charge is -2.30. The van der Waals surface area contributed by atoms with Crippen molar-refractivity contribution in [1.29, 1.82) is 0 Å². The Balaban J connectivity index is 1.98. The maximum Gasteiger partial charge on any atom is 0.242 e. The molecule has 3 unspecified atom stereocenters. The molecule has 0 spiro atoms. The van der Waals surface area contributed by atoms with Crippen molar-refractivity contribution in [2.24, 2.45) is 29.1 Å². The molecule has 4 heteroatoms. The highest BCUT2D eigenvalue weighted by molar-refractivity contribution is 5.90. The van der Waals surface area contributed by atoms with Crippen LogP contribution in [-0.2, 0) is 9.59 Å². The van der Waals surface area contributed by atoms with E-state index in [1.807, 2.05) is 20.8 Å². The molecule has 4 nitrogen and oxygen atoms in total. The van der Waals surface area contributed by atoms with Crippen LogP contribution in [0.4, 0.5) is 0 Å². The van der Waals surface area contributed by atoms with Crippen LogP contribution in [0.15, 0.2) is 0 Å². The fraction of sp³-hybridized carbons (Fsp3) is 0.882. The molecule has 2 rings (SSSR count). The Kier molecular flexibility index (Phi) is 4.64. The number of carbonyl (C=O) groups is 2. The van der Waals surface area contributed by atoms with Gasteiger partial charge in [-0.15, -0.1) is 0 Å². The van der Waals surface area contributed by atoms with Gasteiger partial charge in [0.05, 0.1) is 0 Å². The van der Waals surface area contributed by atoms with E-state index < -0.39 is 6.04 Å². The van der Waals surface area contributed by atoms with E-state index in [0.717, 1.165) is 5.92 Å². The summed E-state index contributed by atoms with van der Waals surface area (Å²) in [7, 11) is 1.62. The van der Waals surface area contributed by atoms with Crippen molar-refractivity contribution >= 4 is 11.8 Å². The van der Waals surface area contributed by atoms with E-state index in [0.29, 0.717) is 11.8 Å². The van der Waals surface area contributed by atoms with E-state index >= 15 is 0 Å². The van der Waals surface area contributed by atoms with E-state index in [2.05, 4.69) is 17.6 Å². The average Bonchev–Trinajstić information content (AvgIpc) is 2.85. The van der Waals surface area contributed by atoms with Crippen LogP contribution < -0.4 is 10.6 Å². The highest BCUT2D eigenvalue weighted by atomic mass is 16.2. The maximum atomic E-state index is 12.6. The van der Waals surface area contributed by atoms with Crippen molar-refractivity contribution in [3.63, 3.8) is 0 Å². The molecule has 0 aliphatic heterocycles. The number of carbonyl (C=O) groups excluding carboxylic acids is 2. The van der Waals surface area contributed by atoms with Gasteiger partial charge in [-0.05, 0) is 23.2 Å². The van der Waals surface area contributed by atoms with Gasteiger partial charge in [0.25, 0.3) is 0 Å². The third kappa shape index (κ3) is 3.41. The summed E-state index contributed by atoms with van der Waals surface area (Å²) in [4.78, 5) is 24.6. The molecule has 4 atom stereocenters. The Labute approximate surface area is 128 Å². The summed E-state index contributed by atoms with van der Waals surface area (Å²) in [5, 5.41) is 5.66. The summed E-state index contributed by atoms with van der Waals surface area (Å²) >= 11 is 0. The monoisotopic (exact) mass is 294 g/mol. The van der Waals surface area contributed by atoms with E-state index in [9.17, 15) is 9.59 Å². The Morgan fingerprint density at radius 3 is 2.19 bits per heavy atom. The summed E-state index contributed by atoms with van der Waals surface area (Å²) in [5.41, 5.74) is -0.281. The summed E-state index contributed by atoms with van der Waals surface area (Å²) in [6.45, 7) is 8.13. The lowest BCUT2D eigenvalue weighted by atomic mass is 9.86. The van der Waals surface area contributed by atoms with Crippen molar-refractivity contribution in [2.75, 3.05) is 7.05 Å². The van der Waals surface area contributed by atoms with Crippen LogP contribution >= 0.6 is 0 Å². The molecule has 0 heterocycles. The van der Waals surface area contributed by atoms with Gasteiger partial charge >= 0.3 is 0 Å². The highest BCUT2D eigenvalue weighted by Gasteiger charge is 2.55. The van der Waals surface area contributed by atoms with Gasteiger partial charge in [-0.1, -0.05) is 53.4 Å². The predicted molar refractivity (Wildman–Crippen MR) is 83.6 cm³/mol. The fourth-order valence-electron chi connectivity index (χ4n) is 4.03. The largest absolute Gasteiger partial charge is 0.357 e. The second-order valence-corrected chi connectivity index (χ2v) is 7.93. The van der Waals surface area contributed by atoms with Crippen LogP contribution in [0.2, 0.25) is 0 Å². The Morgan fingerprint density at radius 2 is 1.71 bits per heavy atom. The van der Waals surface area contributed by atoms with Crippen LogP contribution in [0.25, 0.3) is 0 Å². The first-order valence-corrected chi connectivity index (χ1v) is 8.29. The topological polar surface area (TPSA) is 58.2 Å². The number of amides is 2. The van der Waals surface area contributed by atoms with E-state index in [4.69, 9.17) is 0 Å². The van der Waals surface area contributed by atoms with Gasteiger partial charge in [-0.25, -0.2) is 0 Å². The highest BCUT2D eigenvalue weighted by Crippen LogP contribution is 2.55. The molecule has 2 amide bonds. The zero-order chi connectivity index (χ0) is 15.8. The van der Waals surface area contributed by atoms with E-state index in [1.54, 1.807) is 7.05 Å². The molecule has 120 valence electrons. The zero-order valence-electron chi connectivity index (χ0n) is 14.0. The Bertz CT molecular complexity index is 408. The van der Waals surface area contributed by atoms with Crippen LogP contribution in [0.3, 0.4) is 0 Å². The normalized spacial score (nSPS) is 30.8. The molecule has 2 fully saturated rings. The molecule has 0 bridgehead atoms. The Morgan fingerprint density at radius 1 is 1.14 bits per heavy atom. The summed E-state index contributed by atoms with van der Waals surface area (Å²) in [6, 6.07) is -0.466. The number of hydrogen-bond donors (Lipinski definition) is 2. The molecule has 0 saturated heterocycles. The molecule has 0 aromatic rings. The predicted octanol–water partition coefficient (Wildman–Crippen LogP) is 2.34. The number of likely N-dealkylation sites (N-methyl/N-ethyl adjacent to an activating group) is 1. The third-order valence-electron chi connectivity index (χ3n) is 5.36. The molecule has 21 heavy (non-hydrogen) atoms. The minimum absolute atomic E-state index is 0.0722. The first-order valence-electron chi connectivity index (χ1n) is 8.29. The van der Waals surface area contributed by atoms with E-state index in [-0.39, 0.29) is 23.1 Å². The van der Waals surface area contributed by atoms with Gasteiger partial charge < -0.3 is 10.6 Å². The summed E-state index contributed by atoms with van der Waals surface area (Å²) in [6.07, 6.45) is 5.17. The molecule has 2 N–H and O–H groups in total. The second kappa shape index (κ2) is 5.98. The summed E-state index contributed by atoms with van der Waals surface area (Å²) in [5.74, 6) is 1.81. The van der Waals surface area contributed by atoms with Gasteiger partial charge in [0.2, 0.25) is 11.8 Å². The molecule has 0 aromatic carbocycles. The zero-order valence-corrected chi connectivity index (χ0v) is 14.0. The van der Waals surface area contributed by atoms with Crippen LogP contribution in [0.5, 0.6) is 0 Å². The third-order valence-corrected chi connectivity index (χ3v) is 5.36. The second-order valence-electron chi connectivity index (χ2n) is 7.93. The lowest BCUT2D eigenvalue weighted by Crippen LogP contribution is -2.53. The molecular formula is C17H30N2O2. The minimum atomic E-state index is -0.466. The number of hydrogen-bond acceptors (Lipinski definition) is 2. The first-order chi connectivity index (χ1) is 9.77. The molecule has 0 radical (unpaired) electrons. The SMILES string of the molecule is CNC(=O)C(NC(=O)C1C(C2CCCC2)[C@H]1C)C(C)(C)C. The standard InChI is InChI=1S/C17H30N2O2/c1-10-12(11-8-6-7-9-11)13(10)15(20)19-14(16(21)18-5)17(2,3)4/h10-14H,6-9H2,1-5H3,(H,18,21)(H,19,20)/t10-,12?,13?,14?/m1/s1.